The van der Waals surface area contributed by atoms with Crippen molar-refractivity contribution in [3.63, 3.8) is 0 Å². The first-order valence-electron chi connectivity index (χ1n) is 13.4. The average Bonchev–Trinajstić information content (AvgIpc) is 3.31. The summed E-state index contributed by atoms with van der Waals surface area (Å²) in [6, 6.07) is 32.1. The van der Waals surface area contributed by atoms with Gasteiger partial charge in [-0.25, -0.2) is 9.98 Å². The minimum absolute atomic E-state index is 0.389. The van der Waals surface area contributed by atoms with Crippen LogP contribution in [0.3, 0.4) is 0 Å². The molecule has 0 atom stereocenters. The van der Waals surface area contributed by atoms with E-state index in [1.54, 1.807) is 0 Å². The van der Waals surface area contributed by atoms with E-state index in [9.17, 15) is 0 Å². The molecule has 1 aromatic heterocycles. The van der Waals surface area contributed by atoms with Crippen LogP contribution in [0.1, 0.15) is 63.4 Å². The molecule has 0 aliphatic carbocycles. The zero-order valence-electron chi connectivity index (χ0n) is 23.7. The van der Waals surface area contributed by atoms with Crippen molar-refractivity contribution in [3.05, 3.63) is 108 Å². The van der Waals surface area contributed by atoms with Crippen molar-refractivity contribution in [3.8, 4) is 22.3 Å². The van der Waals surface area contributed by atoms with Gasteiger partial charge in [0.1, 0.15) is 0 Å². The number of aromatic nitrogens is 2. The third-order valence-corrected chi connectivity index (χ3v) is 7.14. The molecule has 5 aromatic rings. The molecule has 0 unspecified atom stereocenters. The van der Waals surface area contributed by atoms with Crippen molar-refractivity contribution < 1.29 is 10.9 Å². The van der Waals surface area contributed by atoms with Crippen molar-refractivity contribution in [2.45, 2.75) is 46.5 Å². The minimum atomic E-state index is 0.389. The summed E-state index contributed by atoms with van der Waals surface area (Å²) in [5, 5.41) is 0. The van der Waals surface area contributed by atoms with Crippen molar-refractivity contribution in [1.82, 2.24) is 9.55 Å². The SMILES string of the molecule is C/C(=N\c1c(C(C)C)cccc1C(C)C)c1nc2c(-c3ccccc3)ccc(-c3ccccc3)c2n1C.[Br][Ni][Br]. The van der Waals surface area contributed by atoms with Gasteiger partial charge in [-0.15, -0.1) is 0 Å². The number of rotatable bonds is 6. The Hall–Kier alpha value is -2.53. The van der Waals surface area contributed by atoms with Crippen molar-refractivity contribution >= 4 is 50.9 Å². The first kappa shape index (κ1) is 30.4. The topological polar surface area (TPSA) is 30.2 Å². The second-order valence-corrected chi connectivity index (χ2v) is 15.4. The molecule has 0 bridgehead atoms. The first-order chi connectivity index (χ1) is 19.3. The number of imidazole rings is 1. The fraction of sp³-hybridized carbons (Fsp3) is 0.235. The second kappa shape index (κ2) is 13.9. The Morgan fingerprint density at radius 3 is 1.70 bits per heavy atom. The normalized spacial score (nSPS) is 11.8. The van der Waals surface area contributed by atoms with Crippen LogP contribution in [0, 0.1) is 0 Å². The predicted molar refractivity (Wildman–Crippen MR) is 176 cm³/mol. The number of para-hydroxylation sites is 1. The van der Waals surface area contributed by atoms with Gasteiger partial charge in [-0.2, -0.15) is 0 Å². The Labute approximate surface area is 258 Å². The number of aryl methyl sites for hydroxylation is 1. The number of halogens is 2. The third kappa shape index (κ3) is 6.51. The molecular weight excluding hydrogens is 669 g/mol. The van der Waals surface area contributed by atoms with E-state index in [1.807, 2.05) is 0 Å². The molecule has 5 rings (SSSR count). The van der Waals surface area contributed by atoms with Crippen LogP contribution in [0.4, 0.5) is 5.69 Å². The summed E-state index contributed by atoms with van der Waals surface area (Å²) in [5.41, 5.74) is 11.3. The molecule has 4 aromatic carbocycles. The number of hydrogen-bond acceptors (Lipinski definition) is 2. The van der Waals surface area contributed by atoms with Crippen LogP contribution in [0.2, 0.25) is 0 Å². The maximum absolute atomic E-state index is 5.27. The van der Waals surface area contributed by atoms with Gasteiger partial charge in [0.15, 0.2) is 5.82 Å². The van der Waals surface area contributed by atoms with Gasteiger partial charge in [0, 0.05) is 18.2 Å². The summed E-state index contributed by atoms with van der Waals surface area (Å²) in [6.07, 6.45) is 0. The van der Waals surface area contributed by atoms with Crippen molar-refractivity contribution in [2.75, 3.05) is 0 Å². The number of benzene rings is 4. The molecule has 0 amide bonds. The molecule has 6 heteroatoms. The van der Waals surface area contributed by atoms with Gasteiger partial charge in [0.25, 0.3) is 0 Å². The van der Waals surface area contributed by atoms with Gasteiger partial charge in [0.05, 0.1) is 22.4 Å². The van der Waals surface area contributed by atoms with Crippen LogP contribution in [0.25, 0.3) is 33.3 Å². The summed E-state index contributed by atoms with van der Waals surface area (Å²) in [7, 11) is 3.36. The summed E-state index contributed by atoms with van der Waals surface area (Å²) < 4.78 is 2.22. The number of hydrogen-bond donors (Lipinski definition) is 0. The molecule has 0 N–H and O–H groups in total. The number of aliphatic imine (C=N–C) groups is 1. The van der Waals surface area contributed by atoms with Crippen LogP contribution < -0.4 is 0 Å². The molecule has 0 fully saturated rings. The Morgan fingerprint density at radius 1 is 0.725 bits per heavy atom. The molecule has 0 aliphatic heterocycles. The van der Waals surface area contributed by atoms with E-state index in [-0.39, 0.29) is 0 Å². The molecule has 0 radical (unpaired) electrons. The number of fused-ring (bicyclic) bond motifs is 1. The molecule has 3 nitrogen and oxygen atoms in total. The van der Waals surface area contributed by atoms with E-state index in [1.165, 1.54) is 38.7 Å². The van der Waals surface area contributed by atoms with Gasteiger partial charge in [-0.3, -0.25) is 0 Å². The quantitative estimate of drug-likeness (QED) is 0.128. The van der Waals surface area contributed by atoms with Gasteiger partial charge in [0.2, 0.25) is 0 Å². The second-order valence-electron chi connectivity index (χ2n) is 10.4. The Kier molecular flexibility index (Phi) is 10.6. The van der Waals surface area contributed by atoms with E-state index >= 15 is 0 Å². The number of nitrogens with zero attached hydrogens (tertiary/aromatic N) is 3. The van der Waals surface area contributed by atoms with Crippen LogP contribution in [-0.4, -0.2) is 15.3 Å². The maximum atomic E-state index is 5.27. The monoisotopic (exact) mass is 701 g/mol. The van der Waals surface area contributed by atoms with Gasteiger partial charge in [-0.1, -0.05) is 119 Å². The van der Waals surface area contributed by atoms with E-state index in [2.05, 4.69) is 166 Å². The van der Waals surface area contributed by atoms with Crippen LogP contribution >= 0.6 is 28.5 Å². The molecule has 210 valence electrons. The summed E-state index contributed by atoms with van der Waals surface area (Å²) in [5.74, 6) is 1.67. The van der Waals surface area contributed by atoms with E-state index in [0.717, 1.165) is 33.8 Å². The van der Waals surface area contributed by atoms with Crippen molar-refractivity contribution in [1.29, 1.82) is 0 Å². The van der Waals surface area contributed by atoms with Crippen LogP contribution in [0.5, 0.6) is 0 Å². The summed E-state index contributed by atoms with van der Waals surface area (Å²) >= 11 is 6.00. The average molecular weight is 704 g/mol. The van der Waals surface area contributed by atoms with Crippen molar-refractivity contribution in [2.24, 2.45) is 12.0 Å². The Bertz CT molecular complexity index is 1580. The fourth-order valence-electron chi connectivity index (χ4n) is 5.20. The Balaban J connectivity index is 0.00000118. The molecule has 1 heterocycles. The van der Waals surface area contributed by atoms with E-state index < -0.39 is 0 Å². The molecular formula is C34H35Br2N3Ni. The zero-order chi connectivity index (χ0) is 28.8. The standard InChI is InChI=1S/C34H35N3.2BrH.Ni/c1-22(2)27-18-13-19-28(23(3)4)31(27)35-24(5)34-36-32-29(25-14-9-7-10-15-25)20-21-30(33(32)37(34)6)26-16-11-8-12-17-26;;;/h7-23H,1-6H3;2*1H;/q;;;+2/p-2/b35-24+;;;. The molecule has 0 saturated carbocycles. The molecule has 40 heavy (non-hydrogen) atoms. The summed E-state index contributed by atoms with van der Waals surface area (Å²) in [6.45, 7) is 11.0. The predicted octanol–water partition coefficient (Wildman–Crippen LogP) is 11.0. The van der Waals surface area contributed by atoms with Gasteiger partial charge >= 0.3 is 39.3 Å². The fourth-order valence-corrected chi connectivity index (χ4v) is 5.20. The van der Waals surface area contributed by atoms with E-state index in [4.69, 9.17) is 9.98 Å². The third-order valence-electron chi connectivity index (χ3n) is 7.14. The summed E-state index contributed by atoms with van der Waals surface area (Å²) in [4.78, 5) is 10.5. The van der Waals surface area contributed by atoms with Crippen LogP contribution in [-0.2, 0) is 17.9 Å². The van der Waals surface area contributed by atoms with Gasteiger partial charge < -0.3 is 4.57 Å². The van der Waals surface area contributed by atoms with Crippen LogP contribution in [0.15, 0.2) is 96.0 Å². The molecule has 0 aliphatic rings. The Morgan fingerprint density at radius 2 is 1.20 bits per heavy atom. The molecule has 0 saturated heterocycles. The van der Waals surface area contributed by atoms with E-state index in [0.29, 0.717) is 11.8 Å². The van der Waals surface area contributed by atoms with Gasteiger partial charge in [-0.05, 0) is 41.0 Å². The first-order valence-corrected chi connectivity index (χ1v) is 18.3. The zero-order valence-corrected chi connectivity index (χ0v) is 27.9. The molecule has 0 spiro atoms.